The van der Waals surface area contributed by atoms with Gasteiger partial charge in [0.1, 0.15) is 12.2 Å². The molecule has 8 heteroatoms. The quantitative estimate of drug-likeness (QED) is 0.276. The summed E-state index contributed by atoms with van der Waals surface area (Å²) in [6.45, 7) is 5.97. The number of carbonyl (C=O) groups is 2. The third kappa shape index (κ3) is 7.59. The highest BCUT2D eigenvalue weighted by atomic mass is 16.6. The molecule has 0 spiro atoms. The number of aromatic hydroxyl groups is 1. The zero-order chi connectivity index (χ0) is 26.0. The first kappa shape index (κ1) is 28.3. The molecule has 202 valence electrons. The number of rotatable bonds is 13. The van der Waals surface area contributed by atoms with E-state index >= 15 is 0 Å². The second-order valence-electron chi connectivity index (χ2n) is 10.3. The number of phenolic OH excluding ortho intramolecular Hbond substituents is 1. The number of phenols is 1. The SMILES string of the molecule is CCCCC[C@H](C[C@@H](OC(=O)CNC)C1(Cc2ccc(O)c3c2CCCO3)CCNCC1)OC(C)=O. The van der Waals surface area contributed by atoms with E-state index in [1.165, 1.54) is 6.92 Å². The molecule has 0 bridgehead atoms. The van der Waals surface area contributed by atoms with Gasteiger partial charge in [0.15, 0.2) is 11.5 Å². The third-order valence-corrected chi connectivity index (χ3v) is 7.51. The lowest BCUT2D eigenvalue weighted by Crippen LogP contribution is -2.49. The zero-order valence-corrected chi connectivity index (χ0v) is 22.2. The summed E-state index contributed by atoms with van der Waals surface area (Å²) in [6, 6.07) is 3.70. The Morgan fingerprint density at radius 1 is 1.22 bits per heavy atom. The van der Waals surface area contributed by atoms with Gasteiger partial charge in [-0.15, -0.1) is 0 Å². The van der Waals surface area contributed by atoms with Crippen molar-refractivity contribution < 1.29 is 28.9 Å². The van der Waals surface area contributed by atoms with Crippen LogP contribution in [0.25, 0.3) is 0 Å². The Morgan fingerprint density at radius 3 is 2.69 bits per heavy atom. The first-order valence-corrected chi connectivity index (χ1v) is 13.6. The van der Waals surface area contributed by atoms with Crippen LogP contribution in [0.15, 0.2) is 12.1 Å². The van der Waals surface area contributed by atoms with Crippen molar-refractivity contribution in [1.29, 1.82) is 0 Å². The van der Waals surface area contributed by atoms with E-state index in [1.807, 2.05) is 6.07 Å². The number of esters is 2. The van der Waals surface area contributed by atoms with E-state index in [2.05, 4.69) is 17.6 Å². The Balaban J connectivity index is 1.95. The molecule has 0 radical (unpaired) electrons. The van der Waals surface area contributed by atoms with Crippen molar-refractivity contribution in [2.75, 3.05) is 33.3 Å². The number of fused-ring (bicyclic) bond motifs is 1. The maximum atomic E-state index is 12.8. The number of piperidine rings is 1. The number of hydrogen-bond acceptors (Lipinski definition) is 8. The molecule has 2 atom stereocenters. The maximum absolute atomic E-state index is 12.8. The number of unbranched alkanes of at least 4 members (excludes halogenated alkanes) is 2. The molecule has 0 saturated carbocycles. The lowest BCUT2D eigenvalue weighted by molar-refractivity contribution is -0.163. The second-order valence-corrected chi connectivity index (χ2v) is 10.3. The molecule has 2 heterocycles. The van der Waals surface area contributed by atoms with Crippen LogP contribution >= 0.6 is 0 Å². The molecule has 0 aromatic heterocycles. The Hall–Kier alpha value is -2.32. The van der Waals surface area contributed by atoms with Crippen LogP contribution in [0, 0.1) is 5.41 Å². The molecule has 0 unspecified atom stereocenters. The van der Waals surface area contributed by atoms with Crippen LogP contribution in [0.4, 0.5) is 0 Å². The Kier molecular flexibility index (Phi) is 10.9. The molecule has 3 N–H and O–H groups in total. The summed E-state index contributed by atoms with van der Waals surface area (Å²) in [5.74, 6) is 0.159. The van der Waals surface area contributed by atoms with Crippen LogP contribution in [0.5, 0.6) is 11.5 Å². The molecule has 2 aliphatic rings. The van der Waals surface area contributed by atoms with Gasteiger partial charge in [-0.05, 0) is 76.7 Å². The highest BCUT2D eigenvalue weighted by molar-refractivity contribution is 5.72. The van der Waals surface area contributed by atoms with E-state index in [-0.39, 0.29) is 35.8 Å². The summed E-state index contributed by atoms with van der Waals surface area (Å²) < 4.78 is 17.8. The van der Waals surface area contributed by atoms with Gasteiger partial charge in [-0.25, -0.2) is 0 Å². The average molecular weight is 505 g/mol. The van der Waals surface area contributed by atoms with Gasteiger partial charge in [0.2, 0.25) is 0 Å². The fraction of sp³-hybridized carbons (Fsp3) is 0.714. The smallest absolute Gasteiger partial charge is 0.320 e. The molecule has 8 nitrogen and oxygen atoms in total. The molecular weight excluding hydrogens is 460 g/mol. The van der Waals surface area contributed by atoms with E-state index in [0.29, 0.717) is 25.2 Å². The Bertz CT molecular complexity index is 868. The topological polar surface area (TPSA) is 106 Å². The summed E-state index contributed by atoms with van der Waals surface area (Å²) in [4.78, 5) is 24.7. The zero-order valence-electron chi connectivity index (χ0n) is 22.2. The van der Waals surface area contributed by atoms with E-state index in [1.54, 1.807) is 13.1 Å². The van der Waals surface area contributed by atoms with Gasteiger partial charge in [0.25, 0.3) is 0 Å². The van der Waals surface area contributed by atoms with Gasteiger partial charge in [0.05, 0.1) is 13.2 Å². The number of likely N-dealkylation sites (N-methyl/N-ethyl adjacent to an activating group) is 1. The predicted molar refractivity (Wildman–Crippen MR) is 138 cm³/mol. The van der Waals surface area contributed by atoms with Gasteiger partial charge < -0.3 is 30.0 Å². The Labute approximate surface area is 215 Å². The van der Waals surface area contributed by atoms with Crippen molar-refractivity contribution >= 4 is 11.9 Å². The standard InChI is InChI=1S/C28H44N2O6/c1-4-5-6-8-22(35-20(2)31)17-25(36-26(33)19-29-3)28(12-14-30-15-13-28)18-21-10-11-24(32)27-23(21)9-7-16-34-27/h10-11,22,25,29-30,32H,4-9,12-19H2,1-3H3/t22-,25-/m1/s1. The molecule has 3 rings (SSSR count). The molecular formula is C28H44N2O6. The van der Waals surface area contributed by atoms with Gasteiger partial charge in [-0.2, -0.15) is 0 Å². The highest BCUT2D eigenvalue weighted by Gasteiger charge is 2.44. The molecule has 1 aromatic rings. The van der Waals surface area contributed by atoms with Crippen LogP contribution < -0.4 is 15.4 Å². The van der Waals surface area contributed by atoms with Crippen molar-refractivity contribution in [2.45, 2.75) is 90.3 Å². The van der Waals surface area contributed by atoms with Crippen molar-refractivity contribution in [3.05, 3.63) is 23.3 Å². The number of nitrogens with one attached hydrogen (secondary N) is 2. The van der Waals surface area contributed by atoms with Gasteiger partial charge in [0, 0.05) is 24.3 Å². The van der Waals surface area contributed by atoms with E-state index in [9.17, 15) is 14.7 Å². The second kappa shape index (κ2) is 13.8. The fourth-order valence-corrected chi connectivity index (χ4v) is 5.68. The Morgan fingerprint density at radius 2 is 2.00 bits per heavy atom. The molecule has 2 aliphatic heterocycles. The van der Waals surface area contributed by atoms with Gasteiger partial charge >= 0.3 is 11.9 Å². The first-order valence-electron chi connectivity index (χ1n) is 13.6. The van der Waals surface area contributed by atoms with Crippen molar-refractivity contribution in [1.82, 2.24) is 10.6 Å². The average Bonchev–Trinajstić information content (AvgIpc) is 2.86. The summed E-state index contributed by atoms with van der Waals surface area (Å²) in [7, 11) is 1.73. The molecule has 0 amide bonds. The largest absolute Gasteiger partial charge is 0.504 e. The van der Waals surface area contributed by atoms with Crippen molar-refractivity contribution in [3.63, 3.8) is 0 Å². The highest BCUT2D eigenvalue weighted by Crippen LogP contribution is 2.44. The van der Waals surface area contributed by atoms with Crippen LogP contribution in [0.2, 0.25) is 0 Å². The first-order chi connectivity index (χ1) is 17.4. The predicted octanol–water partition coefficient (Wildman–Crippen LogP) is 3.66. The summed E-state index contributed by atoms with van der Waals surface area (Å²) >= 11 is 0. The van der Waals surface area contributed by atoms with E-state index < -0.39 is 6.10 Å². The normalized spacial score (nSPS) is 18.4. The van der Waals surface area contributed by atoms with Gasteiger partial charge in [-0.3, -0.25) is 9.59 Å². The van der Waals surface area contributed by atoms with Crippen LogP contribution in [0.3, 0.4) is 0 Å². The van der Waals surface area contributed by atoms with E-state index in [0.717, 1.165) is 75.6 Å². The number of carbonyl (C=O) groups excluding carboxylic acids is 2. The fourth-order valence-electron chi connectivity index (χ4n) is 5.68. The maximum Gasteiger partial charge on any atom is 0.320 e. The molecule has 36 heavy (non-hydrogen) atoms. The lowest BCUT2D eigenvalue weighted by Gasteiger charge is -2.45. The van der Waals surface area contributed by atoms with Crippen LogP contribution in [-0.2, 0) is 31.9 Å². The van der Waals surface area contributed by atoms with E-state index in [4.69, 9.17) is 14.2 Å². The monoisotopic (exact) mass is 504 g/mol. The van der Waals surface area contributed by atoms with Crippen molar-refractivity contribution in [3.8, 4) is 11.5 Å². The minimum absolute atomic E-state index is 0.126. The van der Waals surface area contributed by atoms with Gasteiger partial charge in [-0.1, -0.05) is 25.8 Å². The summed E-state index contributed by atoms with van der Waals surface area (Å²) in [5, 5.41) is 16.7. The molecule has 0 aliphatic carbocycles. The van der Waals surface area contributed by atoms with Crippen LogP contribution in [-0.4, -0.2) is 62.5 Å². The number of ether oxygens (including phenoxy) is 3. The summed E-state index contributed by atoms with van der Waals surface area (Å²) in [6.07, 6.45) is 7.78. The minimum Gasteiger partial charge on any atom is -0.504 e. The molecule has 1 saturated heterocycles. The van der Waals surface area contributed by atoms with Crippen molar-refractivity contribution in [2.24, 2.45) is 5.41 Å². The lowest BCUT2D eigenvalue weighted by atomic mass is 9.67. The molecule has 1 aromatic carbocycles. The molecule has 1 fully saturated rings. The third-order valence-electron chi connectivity index (χ3n) is 7.51. The van der Waals surface area contributed by atoms with Crippen LogP contribution in [0.1, 0.15) is 76.3 Å². The minimum atomic E-state index is -0.402. The summed E-state index contributed by atoms with van der Waals surface area (Å²) in [5.41, 5.74) is 1.87. The number of benzene rings is 1. The number of hydrogen-bond donors (Lipinski definition) is 3.